The summed E-state index contributed by atoms with van der Waals surface area (Å²) in [4.78, 5) is 147. The molecule has 0 aliphatic carbocycles. The third-order valence-corrected chi connectivity index (χ3v) is 10.4. The molecular formula is C35H51N3O22. The third-order valence-electron chi connectivity index (χ3n) is 10.4. The van der Waals surface area contributed by atoms with Crippen molar-refractivity contribution in [2.45, 2.75) is 145 Å². The van der Waals surface area contributed by atoms with Crippen molar-refractivity contribution in [2.75, 3.05) is 0 Å². The highest BCUT2D eigenvalue weighted by atomic mass is 16.6. The van der Waals surface area contributed by atoms with Crippen LogP contribution in [0.25, 0.3) is 0 Å². The predicted octanol–water partition coefficient (Wildman–Crippen LogP) is 1.26. The van der Waals surface area contributed by atoms with E-state index in [2.05, 4.69) is 10.6 Å². The molecule has 0 spiro atoms. The van der Waals surface area contributed by atoms with E-state index in [-0.39, 0.29) is 0 Å². The second-order valence-corrected chi connectivity index (χ2v) is 14.5. The average molecular weight is 866 g/mol. The van der Waals surface area contributed by atoms with Crippen LogP contribution in [0.5, 0.6) is 0 Å². The number of carboxylic acids is 9. The normalized spacial score (nSPS) is 12.6. The number of carbonyl (C=O) groups is 11. The van der Waals surface area contributed by atoms with E-state index in [9.17, 15) is 109 Å². The van der Waals surface area contributed by atoms with Gasteiger partial charge in [0.15, 0.2) is 0 Å². The minimum atomic E-state index is -3.47. The Morgan fingerprint density at radius 1 is 0.367 bits per heavy atom. The van der Waals surface area contributed by atoms with Gasteiger partial charge in [0.05, 0.1) is 5.41 Å². The van der Waals surface area contributed by atoms with E-state index in [1.807, 2.05) is 0 Å². The first-order chi connectivity index (χ1) is 27.7. The van der Waals surface area contributed by atoms with Gasteiger partial charge in [0, 0.05) is 86.6 Å². The first kappa shape index (κ1) is 53.6. The number of nitrogens with one attached hydrogen (secondary N) is 2. The number of hydrogen-bond donors (Lipinski definition) is 11. The highest BCUT2D eigenvalue weighted by Gasteiger charge is 2.66. The number of rotatable bonds is 35. The zero-order chi connectivity index (χ0) is 46.5. The molecule has 2 amide bonds. The maximum Gasteiger partial charge on any atom is 0.304 e. The second kappa shape index (κ2) is 24.5. The number of amides is 2. The number of carbonyl (C=O) groups excluding carboxylic acids is 2. The van der Waals surface area contributed by atoms with Crippen LogP contribution < -0.4 is 10.6 Å². The first-order valence-corrected chi connectivity index (χ1v) is 18.4. The fourth-order valence-corrected chi connectivity index (χ4v) is 7.22. The molecule has 1 unspecified atom stereocenters. The number of carboxylic acid groups (broad SMARTS) is 9. The molecule has 0 saturated heterocycles. The fourth-order valence-electron chi connectivity index (χ4n) is 7.22. The molecule has 0 saturated carbocycles. The van der Waals surface area contributed by atoms with Gasteiger partial charge >= 0.3 is 59.3 Å². The van der Waals surface area contributed by atoms with Crippen LogP contribution in [0.3, 0.4) is 0 Å². The molecule has 0 aromatic heterocycles. The largest absolute Gasteiger partial charge is 0.481 e. The lowest BCUT2D eigenvalue weighted by atomic mass is 9.59. The summed E-state index contributed by atoms with van der Waals surface area (Å²) in [7, 11) is 0. The molecule has 11 N–H and O–H groups in total. The molecule has 25 heteroatoms. The summed E-state index contributed by atoms with van der Waals surface area (Å²) in [6, 6.07) is 0. The summed E-state index contributed by atoms with van der Waals surface area (Å²) in [5.41, 5.74) is -10.2. The molecule has 0 aromatic carbocycles. The van der Waals surface area contributed by atoms with Gasteiger partial charge in [-0.3, -0.25) is 62.9 Å². The summed E-state index contributed by atoms with van der Waals surface area (Å²) in [6.07, 6.45) is -17.7. The second-order valence-electron chi connectivity index (χ2n) is 14.5. The Balaban J connectivity index is 8.17. The standard InChI is InChI=1S/C35H51N3O22/c39-21(36-33(14-5-25(46)47,15-6-26(48)49)16-7-27(50)51)1-20-35(38(59)60,32(11-2-22(40)41,12-3-23(42)43)13-4-24(44)45)31(58)37-34(17-8-28(52)53,18-9-29(54)55)19-10-30(56)57/h1-20H2,(H,36,39)(H,37,58)(H,40,41)(H,42,43)(H,44,45)(H,46,47)(H,48,49)(H,50,51)(H,52,53)(H,54,55)(H,56,57). The van der Waals surface area contributed by atoms with Crippen LogP contribution in [-0.2, 0) is 52.7 Å². The van der Waals surface area contributed by atoms with Crippen molar-refractivity contribution in [3.8, 4) is 0 Å². The molecule has 60 heavy (non-hydrogen) atoms. The van der Waals surface area contributed by atoms with Crippen LogP contribution in [0.4, 0.5) is 0 Å². The lowest BCUT2D eigenvalue weighted by Crippen LogP contribution is -2.67. The Morgan fingerprint density at radius 2 is 0.600 bits per heavy atom. The van der Waals surface area contributed by atoms with E-state index >= 15 is 0 Å². The summed E-state index contributed by atoms with van der Waals surface area (Å²) in [6.45, 7) is 0. The molecule has 0 heterocycles. The molecule has 0 aromatic rings. The Hall–Kier alpha value is -6.43. The van der Waals surface area contributed by atoms with Crippen molar-refractivity contribution in [3.05, 3.63) is 10.1 Å². The van der Waals surface area contributed by atoms with Crippen molar-refractivity contribution < 1.29 is 104 Å². The number of nitro groups is 1. The van der Waals surface area contributed by atoms with E-state index < -0.39 is 221 Å². The molecule has 0 aliphatic rings. The molecule has 0 rings (SSSR count). The maximum atomic E-state index is 14.9. The van der Waals surface area contributed by atoms with Crippen LogP contribution in [0, 0.1) is 15.5 Å². The van der Waals surface area contributed by atoms with Gasteiger partial charge in [-0.1, -0.05) is 0 Å². The number of aliphatic carboxylic acids is 9. The number of nitrogens with zero attached hydrogens (tertiary/aromatic N) is 1. The van der Waals surface area contributed by atoms with Gasteiger partial charge in [0.25, 0.3) is 5.91 Å². The molecule has 0 fully saturated rings. The van der Waals surface area contributed by atoms with Gasteiger partial charge in [-0.25, -0.2) is 0 Å². The minimum absolute atomic E-state index is 0.575. The molecule has 25 nitrogen and oxygen atoms in total. The molecule has 338 valence electrons. The Kier molecular flexibility index (Phi) is 21.9. The first-order valence-electron chi connectivity index (χ1n) is 18.4. The summed E-state index contributed by atoms with van der Waals surface area (Å²) in [5.74, 6) is -17.1. The summed E-state index contributed by atoms with van der Waals surface area (Å²) >= 11 is 0. The molecule has 1 atom stereocenters. The lowest BCUT2D eigenvalue weighted by Gasteiger charge is -2.45. The fraction of sp³-hybridized carbons (Fsp3) is 0.686. The van der Waals surface area contributed by atoms with Crippen molar-refractivity contribution in [2.24, 2.45) is 5.41 Å². The van der Waals surface area contributed by atoms with Crippen molar-refractivity contribution >= 4 is 65.5 Å². The van der Waals surface area contributed by atoms with E-state index in [0.717, 1.165) is 0 Å². The van der Waals surface area contributed by atoms with E-state index in [4.69, 9.17) is 0 Å². The van der Waals surface area contributed by atoms with Crippen LogP contribution in [-0.4, -0.2) is 133 Å². The smallest absolute Gasteiger partial charge is 0.304 e. The molecular weight excluding hydrogens is 814 g/mol. The predicted molar refractivity (Wildman–Crippen MR) is 195 cm³/mol. The van der Waals surface area contributed by atoms with Gasteiger partial charge in [-0.05, 0) is 57.8 Å². The van der Waals surface area contributed by atoms with E-state index in [0.29, 0.717) is 0 Å². The van der Waals surface area contributed by atoms with Crippen LogP contribution in [0.2, 0.25) is 0 Å². The topological polar surface area (TPSA) is 437 Å². The molecule has 0 radical (unpaired) electrons. The zero-order valence-corrected chi connectivity index (χ0v) is 32.4. The Morgan fingerprint density at radius 3 is 0.833 bits per heavy atom. The third kappa shape index (κ3) is 18.4. The quantitative estimate of drug-likeness (QED) is 0.0315. The monoisotopic (exact) mass is 865 g/mol. The van der Waals surface area contributed by atoms with Crippen molar-refractivity contribution in [3.63, 3.8) is 0 Å². The highest BCUT2D eigenvalue weighted by Crippen LogP contribution is 2.50. The van der Waals surface area contributed by atoms with E-state index in [1.54, 1.807) is 0 Å². The van der Waals surface area contributed by atoms with Gasteiger partial charge in [-0.2, -0.15) is 0 Å². The maximum absolute atomic E-state index is 14.9. The Bertz CT molecular complexity index is 1510. The average Bonchev–Trinajstić information content (AvgIpc) is 3.12. The van der Waals surface area contributed by atoms with Crippen LogP contribution in [0.1, 0.15) is 128 Å². The van der Waals surface area contributed by atoms with Crippen molar-refractivity contribution in [1.82, 2.24) is 10.6 Å². The highest BCUT2D eigenvalue weighted by molar-refractivity contribution is 5.88. The minimum Gasteiger partial charge on any atom is -0.481 e. The van der Waals surface area contributed by atoms with Crippen LogP contribution in [0.15, 0.2) is 0 Å². The van der Waals surface area contributed by atoms with Gasteiger partial charge in [0.1, 0.15) is 0 Å². The van der Waals surface area contributed by atoms with Crippen LogP contribution >= 0.6 is 0 Å². The zero-order valence-electron chi connectivity index (χ0n) is 32.4. The lowest BCUT2D eigenvalue weighted by molar-refractivity contribution is -0.577. The van der Waals surface area contributed by atoms with Gasteiger partial charge in [-0.15, -0.1) is 0 Å². The van der Waals surface area contributed by atoms with E-state index in [1.165, 1.54) is 0 Å². The Labute approximate surface area is 340 Å². The summed E-state index contributed by atoms with van der Waals surface area (Å²) in [5, 5.41) is 104. The molecule has 0 aliphatic heterocycles. The summed E-state index contributed by atoms with van der Waals surface area (Å²) < 4.78 is 0. The number of hydrogen-bond acceptors (Lipinski definition) is 13. The SMILES string of the molecule is O=C(O)CCC(CCC(=O)O)(CCC(=O)O)NC(=O)CCC(C(=O)NC(CCC(=O)O)(CCC(=O)O)CCC(=O)O)([N+](=O)[O-])C(CCC(=O)O)(CCC(=O)O)CCC(=O)O. The van der Waals surface area contributed by atoms with Gasteiger partial charge in [0.2, 0.25) is 5.91 Å². The van der Waals surface area contributed by atoms with Crippen molar-refractivity contribution in [1.29, 1.82) is 0 Å². The van der Waals surface area contributed by atoms with Gasteiger partial charge < -0.3 is 56.6 Å². The molecule has 0 bridgehead atoms.